The van der Waals surface area contributed by atoms with Crippen molar-refractivity contribution in [2.75, 3.05) is 11.9 Å². The summed E-state index contributed by atoms with van der Waals surface area (Å²) in [4.78, 5) is 26.1. The van der Waals surface area contributed by atoms with Gasteiger partial charge in [0.05, 0.1) is 5.69 Å². The number of carbonyl (C=O) groups excluding carboxylic acids is 2. The first-order valence-electron chi connectivity index (χ1n) is 9.00. The summed E-state index contributed by atoms with van der Waals surface area (Å²) < 4.78 is 0. The number of nitrogens with one attached hydrogen (secondary N) is 2. The first-order chi connectivity index (χ1) is 13.5. The fraction of sp³-hybridized carbons (Fsp3) is 0.190. The smallest absolute Gasteiger partial charge is 0.254 e. The van der Waals surface area contributed by atoms with Gasteiger partial charge >= 0.3 is 0 Å². The zero-order valence-electron chi connectivity index (χ0n) is 15.3. The van der Waals surface area contributed by atoms with Gasteiger partial charge in [-0.3, -0.25) is 14.7 Å². The molecule has 0 bridgehead atoms. The number of rotatable bonds is 3. The van der Waals surface area contributed by atoms with Crippen LogP contribution in [-0.2, 0) is 17.8 Å². The highest BCUT2D eigenvalue weighted by Gasteiger charge is 2.26. The molecule has 0 atom stereocenters. The van der Waals surface area contributed by atoms with Gasteiger partial charge in [-0.15, -0.1) is 0 Å². The average molecular weight is 395 g/mol. The Kier molecular flexibility index (Phi) is 4.88. The summed E-state index contributed by atoms with van der Waals surface area (Å²) in [5.74, 6) is -0.237. The number of aromatic amines is 1. The molecule has 2 aromatic carbocycles. The van der Waals surface area contributed by atoms with Crippen LogP contribution in [0.4, 0.5) is 5.69 Å². The van der Waals surface area contributed by atoms with Crippen LogP contribution in [0.5, 0.6) is 0 Å². The number of anilines is 1. The highest BCUT2D eigenvalue weighted by Crippen LogP contribution is 2.30. The Morgan fingerprint density at radius 3 is 2.71 bits per heavy atom. The fourth-order valence-corrected chi connectivity index (χ4v) is 3.56. The number of amides is 2. The normalized spacial score (nSPS) is 13.1. The number of fused-ring (bicyclic) bond motifs is 1. The molecule has 0 spiro atoms. The van der Waals surface area contributed by atoms with Gasteiger partial charge in [-0.2, -0.15) is 5.10 Å². The molecule has 3 aromatic rings. The first-order valence-corrected chi connectivity index (χ1v) is 9.38. The Morgan fingerprint density at radius 1 is 1.18 bits per heavy atom. The Balaban J connectivity index is 1.58. The van der Waals surface area contributed by atoms with Crippen molar-refractivity contribution in [2.24, 2.45) is 0 Å². The maximum Gasteiger partial charge on any atom is 0.254 e. The van der Waals surface area contributed by atoms with E-state index in [1.807, 2.05) is 29.2 Å². The molecule has 2 amide bonds. The van der Waals surface area contributed by atoms with E-state index in [-0.39, 0.29) is 11.8 Å². The number of halogens is 1. The van der Waals surface area contributed by atoms with E-state index in [1.54, 1.807) is 24.3 Å². The van der Waals surface area contributed by atoms with Gasteiger partial charge in [0.1, 0.15) is 0 Å². The minimum absolute atomic E-state index is 0.0684. The zero-order chi connectivity index (χ0) is 19.7. The first kappa shape index (κ1) is 18.3. The molecule has 1 aliphatic heterocycles. The topological polar surface area (TPSA) is 78.1 Å². The van der Waals surface area contributed by atoms with Crippen LogP contribution in [0.2, 0.25) is 5.02 Å². The lowest BCUT2D eigenvalue weighted by Gasteiger charge is -2.27. The Labute approximate surface area is 167 Å². The van der Waals surface area contributed by atoms with Gasteiger partial charge in [-0.1, -0.05) is 29.8 Å². The molecule has 1 aliphatic rings. The molecule has 0 radical (unpaired) electrons. The Morgan fingerprint density at radius 2 is 1.96 bits per heavy atom. The maximum absolute atomic E-state index is 13.0. The molecule has 0 saturated heterocycles. The number of nitrogens with zero attached hydrogens (tertiary/aromatic N) is 2. The zero-order valence-corrected chi connectivity index (χ0v) is 16.1. The number of carbonyl (C=O) groups is 2. The molecule has 2 N–H and O–H groups in total. The van der Waals surface area contributed by atoms with E-state index in [2.05, 4.69) is 15.5 Å². The lowest BCUT2D eigenvalue weighted by atomic mass is 10.0. The summed E-state index contributed by atoms with van der Waals surface area (Å²) >= 11 is 5.99. The summed E-state index contributed by atoms with van der Waals surface area (Å²) in [6.45, 7) is 2.53. The number of hydrogen-bond donors (Lipinski definition) is 2. The molecule has 2 heterocycles. The van der Waals surface area contributed by atoms with Gasteiger partial charge in [0.2, 0.25) is 5.91 Å². The van der Waals surface area contributed by atoms with Crippen molar-refractivity contribution in [3.63, 3.8) is 0 Å². The van der Waals surface area contributed by atoms with E-state index in [9.17, 15) is 9.59 Å². The van der Waals surface area contributed by atoms with Gasteiger partial charge < -0.3 is 10.2 Å². The second-order valence-corrected chi connectivity index (χ2v) is 7.21. The van der Waals surface area contributed by atoms with E-state index in [0.29, 0.717) is 35.8 Å². The van der Waals surface area contributed by atoms with Crippen LogP contribution in [-0.4, -0.2) is 33.5 Å². The highest BCUT2D eigenvalue weighted by molar-refractivity contribution is 6.30. The summed E-state index contributed by atoms with van der Waals surface area (Å²) in [7, 11) is 0. The highest BCUT2D eigenvalue weighted by atomic mass is 35.5. The monoisotopic (exact) mass is 394 g/mol. The Bertz CT molecular complexity index is 1040. The van der Waals surface area contributed by atoms with Gasteiger partial charge in [0, 0.05) is 59.5 Å². The molecule has 0 saturated carbocycles. The van der Waals surface area contributed by atoms with Gasteiger partial charge in [-0.05, 0) is 30.3 Å². The molecule has 142 valence electrons. The summed E-state index contributed by atoms with van der Waals surface area (Å²) in [5.41, 5.74) is 5.05. The average Bonchev–Trinajstić information content (AvgIpc) is 3.11. The van der Waals surface area contributed by atoms with Crippen molar-refractivity contribution < 1.29 is 9.59 Å². The second kappa shape index (κ2) is 7.48. The fourth-order valence-electron chi connectivity index (χ4n) is 3.43. The minimum Gasteiger partial charge on any atom is -0.334 e. The van der Waals surface area contributed by atoms with E-state index in [0.717, 1.165) is 22.5 Å². The van der Waals surface area contributed by atoms with Gasteiger partial charge in [0.25, 0.3) is 5.91 Å². The van der Waals surface area contributed by atoms with Crippen molar-refractivity contribution in [2.45, 2.75) is 19.9 Å². The van der Waals surface area contributed by atoms with Crippen LogP contribution < -0.4 is 5.32 Å². The largest absolute Gasteiger partial charge is 0.334 e. The minimum atomic E-state index is -0.168. The van der Waals surface area contributed by atoms with Crippen molar-refractivity contribution in [1.29, 1.82) is 0 Å². The lowest BCUT2D eigenvalue weighted by molar-refractivity contribution is -0.114. The molecule has 6 nitrogen and oxygen atoms in total. The predicted octanol–water partition coefficient (Wildman–Crippen LogP) is 3.89. The molecule has 0 aliphatic carbocycles. The van der Waals surface area contributed by atoms with Gasteiger partial charge in [-0.25, -0.2) is 0 Å². The third-order valence-corrected chi connectivity index (χ3v) is 5.02. The van der Waals surface area contributed by atoms with Crippen LogP contribution in [0.3, 0.4) is 0 Å². The van der Waals surface area contributed by atoms with Crippen LogP contribution in [0, 0.1) is 0 Å². The van der Waals surface area contributed by atoms with E-state index in [1.165, 1.54) is 6.92 Å². The second-order valence-electron chi connectivity index (χ2n) is 6.77. The third-order valence-electron chi connectivity index (χ3n) is 4.77. The van der Waals surface area contributed by atoms with Gasteiger partial charge in [0.15, 0.2) is 0 Å². The number of H-pyrrole nitrogens is 1. The molecular weight excluding hydrogens is 376 g/mol. The molecule has 28 heavy (non-hydrogen) atoms. The molecule has 7 heteroatoms. The number of aromatic nitrogens is 2. The van der Waals surface area contributed by atoms with Crippen LogP contribution in [0.25, 0.3) is 11.3 Å². The van der Waals surface area contributed by atoms with Crippen LogP contribution >= 0.6 is 11.6 Å². The third kappa shape index (κ3) is 3.64. The molecule has 0 unspecified atom stereocenters. The van der Waals surface area contributed by atoms with Crippen LogP contribution in [0.15, 0.2) is 48.5 Å². The van der Waals surface area contributed by atoms with E-state index in [4.69, 9.17) is 11.6 Å². The lowest BCUT2D eigenvalue weighted by Crippen LogP contribution is -2.36. The summed E-state index contributed by atoms with van der Waals surface area (Å²) in [6, 6.07) is 14.5. The molecule has 4 rings (SSSR count). The molecule has 1 aromatic heterocycles. The number of hydrogen-bond acceptors (Lipinski definition) is 3. The van der Waals surface area contributed by atoms with Crippen molar-refractivity contribution >= 4 is 29.1 Å². The SMILES string of the molecule is CC(=O)Nc1cccc(C(=O)N2CCc3[nH]nc(-c4ccc(Cl)cc4)c3C2)c1. The quantitative estimate of drug-likeness (QED) is 0.707. The van der Waals surface area contributed by atoms with Crippen molar-refractivity contribution in [1.82, 2.24) is 15.1 Å². The van der Waals surface area contributed by atoms with E-state index < -0.39 is 0 Å². The summed E-state index contributed by atoms with van der Waals surface area (Å²) in [5, 5.41) is 10.9. The molecule has 0 fully saturated rings. The summed E-state index contributed by atoms with van der Waals surface area (Å²) in [6.07, 6.45) is 0.715. The Hall–Kier alpha value is -3.12. The maximum atomic E-state index is 13.0. The molecular formula is C21H19ClN4O2. The predicted molar refractivity (Wildman–Crippen MR) is 108 cm³/mol. The van der Waals surface area contributed by atoms with Crippen molar-refractivity contribution in [3.8, 4) is 11.3 Å². The van der Waals surface area contributed by atoms with Crippen LogP contribution in [0.1, 0.15) is 28.5 Å². The van der Waals surface area contributed by atoms with E-state index >= 15 is 0 Å². The van der Waals surface area contributed by atoms with Crippen molar-refractivity contribution in [3.05, 3.63) is 70.4 Å². The standard InChI is InChI=1S/C21H19ClN4O2/c1-13(27)23-17-4-2-3-15(11-17)21(28)26-10-9-19-18(12-26)20(25-24-19)14-5-7-16(22)8-6-14/h2-8,11H,9-10,12H2,1H3,(H,23,27)(H,24,25). The number of benzene rings is 2.